The maximum absolute atomic E-state index is 2.31. The van der Waals surface area contributed by atoms with E-state index in [0.29, 0.717) is 0 Å². The lowest BCUT2D eigenvalue weighted by atomic mass is 11.8. The molecule has 0 radical (unpaired) electrons. The molecule has 0 rings (SSSR count). The fraction of sp³-hybridized carbons (Fsp3) is 1.00. The fourth-order valence-electron chi connectivity index (χ4n) is 0. The summed E-state index contributed by atoms with van der Waals surface area (Å²) >= 11 is 0. The maximum Gasteiger partial charge on any atom is 0.0274 e. The Hall–Kier alpha value is 0.177. The molecular weight excluding hydrogens is 78.1 g/mol. The molecule has 0 aromatic carbocycles. The van der Waals surface area contributed by atoms with Gasteiger partial charge in [-0.3, -0.25) is 0 Å². The molecule has 0 saturated heterocycles. The summed E-state index contributed by atoms with van der Waals surface area (Å²) in [7, 11) is -0.139. The Bertz CT molecular complexity index is 11.6. The van der Waals surface area contributed by atoms with Crippen LogP contribution in [0.4, 0.5) is 0 Å². The smallest absolute Gasteiger partial charge is 0.0274 e. The molecule has 0 aliphatic heterocycles. The van der Waals surface area contributed by atoms with Gasteiger partial charge in [0.05, 0.1) is 0 Å². The molecule has 0 saturated carbocycles. The lowest BCUT2D eigenvalue weighted by Crippen LogP contribution is -1.84. The molecule has 3 N–H and O–H groups in total. The van der Waals surface area contributed by atoms with Gasteiger partial charge in [-0.05, 0) is 0 Å². The second-order valence-electron chi connectivity index (χ2n) is 1.73. The van der Waals surface area contributed by atoms with Crippen molar-refractivity contribution in [1.29, 1.82) is 0 Å². The molecule has 0 unspecified atom stereocenters. The Morgan fingerprint density at radius 3 is 1.00 bits per heavy atom. The van der Waals surface area contributed by atoms with E-state index in [0.717, 1.165) is 0 Å². The highest BCUT2D eigenvalue weighted by atomic mass is 28.3. The van der Waals surface area contributed by atoms with E-state index >= 15 is 0 Å². The minimum atomic E-state index is -0.139. The minimum absolute atomic E-state index is 0. The van der Waals surface area contributed by atoms with E-state index in [-0.39, 0.29) is 14.9 Å². The first-order valence-electron chi connectivity index (χ1n) is 1.73. The molecule has 34 valence electrons. The molecule has 0 heterocycles. The van der Waals surface area contributed by atoms with Crippen molar-refractivity contribution in [2.24, 2.45) is 0 Å². The molecule has 2 heteroatoms. The van der Waals surface area contributed by atoms with E-state index < -0.39 is 0 Å². The summed E-state index contributed by atoms with van der Waals surface area (Å²) in [6, 6.07) is 0. The first kappa shape index (κ1) is 8.95. The molecule has 0 spiro atoms. The fourth-order valence-corrected chi connectivity index (χ4v) is 0. The summed E-state index contributed by atoms with van der Waals surface area (Å²) in [5.41, 5.74) is 0. The second-order valence-corrected chi connectivity index (χ2v) is 5.20. The number of rotatable bonds is 0. The monoisotopic (exact) mass is 91.1 g/mol. The average molecular weight is 91.2 g/mol. The van der Waals surface area contributed by atoms with Crippen LogP contribution in [0.2, 0.25) is 19.6 Å². The Morgan fingerprint density at radius 2 is 1.00 bits per heavy atom. The van der Waals surface area contributed by atoms with E-state index in [1.54, 1.807) is 0 Å². The van der Waals surface area contributed by atoms with E-state index in [2.05, 4.69) is 19.6 Å². The predicted octanol–water partition coefficient (Wildman–Crippen LogP) is 1.26. The van der Waals surface area contributed by atoms with Crippen LogP contribution in [-0.4, -0.2) is 8.80 Å². The van der Waals surface area contributed by atoms with Gasteiger partial charge in [-0.25, -0.2) is 0 Å². The highest BCUT2D eigenvalue weighted by Gasteiger charge is 1.71. The third kappa shape index (κ3) is 633. The van der Waals surface area contributed by atoms with Crippen LogP contribution in [-0.2, 0) is 0 Å². The molecule has 0 fully saturated rings. The van der Waals surface area contributed by atoms with E-state index in [9.17, 15) is 0 Å². The molecule has 0 aromatic heterocycles. The van der Waals surface area contributed by atoms with Crippen LogP contribution in [0.15, 0.2) is 0 Å². The van der Waals surface area contributed by atoms with E-state index in [1.807, 2.05) is 0 Å². The Labute approximate surface area is 35.6 Å². The van der Waals surface area contributed by atoms with Crippen LogP contribution in [0.3, 0.4) is 0 Å². The zero-order chi connectivity index (χ0) is 3.58. The van der Waals surface area contributed by atoms with Crippen LogP contribution < -0.4 is 6.15 Å². The van der Waals surface area contributed by atoms with Gasteiger partial charge < -0.3 is 6.15 Å². The van der Waals surface area contributed by atoms with Crippen molar-refractivity contribution in [3.8, 4) is 0 Å². The minimum Gasteiger partial charge on any atom is -0.344 e. The van der Waals surface area contributed by atoms with Gasteiger partial charge in [0.1, 0.15) is 0 Å². The van der Waals surface area contributed by atoms with Crippen molar-refractivity contribution in [3.05, 3.63) is 0 Å². The zero-order valence-corrected chi connectivity index (χ0v) is 5.44. The summed E-state index contributed by atoms with van der Waals surface area (Å²) in [5.74, 6) is 0. The van der Waals surface area contributed by atoms with Gasteiger partial charge in [-0.15, -0.1) is 0 Å². The third-order valence-corrected chi connectivity index (χ3v) is 0. The van der Waals surface area contributed by atoms with Crippen LogP contribution in [0.25, 0.3) is 0 Å². The molecule has 0 amide bonds. The van der Waals surface area contributed by atoms with Gasteiger partial charge in [0, 0.05) is 8.80 Å². The summed E-state index contributed by atoms with van der Waals surface area (Å²) < 4.78 is 0. The van der Waals surface area contributed by atoms with Crippen molar-refractivity contribution in [2.75, 3.05) is 0 Å². The zero-order valence-electron chi connectivity index (χ0n) is 4.28. The number of hydrogen-bond acceptors (Lipinski definition) is 1. The van der Waals surface area contributed by atoms with Gasteiger partial charge >= 0.3 is 0 Å². The molecule has 0 aliphatic rings. The van der Waals surface area contributed by atoms with Gasteiger partial charge in [-0.2, -0.15) is 0 Å². The molecular formula is C3H13NSi. The Morgan fingerprint density at radius 1 is 1.00 bits per heavy atom. The van der Waals surface area contributed by atoms with Crippen LogP contribution in [0.1, 0.15) is 0 Å². The van der Waals surface area contributed by atoms with E-state index in [1.165, 1.54) is 0 Å². The molecule has 1 nitrogen and oxygen atoms in total. The first-order chi connectivity index (χ1) is 1.73. The van der Waals surface area contributed by atoms with Gasteiger partial charge in [-0.1, -0.05) is 19.6 Å². The Kier molecular flexibility index (Phi) is 7.48. The van der Waals surface area contributed by atoms with Gasteiger partial charge in [0.2, 0.25) is 0 Å². The lowest BCUT2D eigenvalue weighted by molar-refractivity contribution is 1.91. The van der Waals surface area contributed by atoms with Crippen LogP contribution >= 0.6 is 0 Å². The van der Waals surface area contributed by atoms with Crippen molar-refractivity contribution >= 4 is 8.80 Å². The van der Waals surface area contributed by atoms with Gasteiger partial charge in [0.15, 0.2) is 0 Å². The summed E-state index contributed by atoms with van der Waals surface area (Å²) in [4.78, 5) is 0. The largest absolute Gasteiger partial charge is 0.344 e. The van der Waals surface area contributed by atoms with Crippen molar-refractivity contribution in [1.82, 2.24) is 6.15 Å². The molecule has 0 aromatic rings. The summed E-state index contributed by atoms with van der Waals surface area (Å²) in [5, 5.41) is 0. The van der Waals surface area contributed by atoms with Crippen LogP contribution in [0, 0.1) is 0 Å². The predicted molar refractivity (Wildman–Crippen MR) is 29.8 cm³/mol. The third-order valence-electron chi connectivity index (χ3n) is 0. The average Bonchev–Trinajstić information content (AvgIpc) is 0.811. The normalized spacial score (nSPS) is 7.20. The SMILES string of the molecule is C[SiH](C)C.N. The quantitative estimate of drug-likeness (QED) is 0.448. The van der Waals surface area contributed by atoms with Crippen molar-refractivity contribution < 1.29 is 0 Å². The Balaban J connectivity index is 0. The number of hydrogen-bond donors (Lipinski definition) is 1. The molecule has 0 bridgehead atoms. The maximum atomic E-state index is 2.31. The highest BCUT2D eigenvalue weighted by Crippen LogP contribution is 1.68. The molecule has 0 atom stereocenters. The van der Waals surface area contributed by atoms with Crippen molar-refractivity contribution in [2.45, 2.75) is 19.6 Å². The highest BCUT2D eigenvalue weighted by molar-refractivity contribution is 6.54. The first-order valence-corrected chi connectivity index (χ1v) is 5.20. The summed E-state index contributed by atoms with van der Waals surface area (Å²) in [6.45, 7) is 6.92. The lowest BCUT2D eigenvalue weighted by Gasteiger charge is -1.75. The summed E-state index contributed by atoms with van der Waals surface area (Å²) in [6.07, 6.45) is 0. The van der Waals surface area contributed by atoms with Crippen molar-refractivity contribution in [3.63, 3.8) is 0 Å². The van der Waals surface area contributed by atoms with Gasteiger partial charge in [0.25, 0.3) is 0 Å². The molecule has 0 aliphatic carbocycles. The standard InChI is InChI=1S/C3H10Si.H3N/c1-4(2)3;/h4H,1-3H3;1H3. The molecule has 5 heavy (non-hydrogen) atoms. The van der Waals surface area contributed by atoms with Crippen LogP contribution in [0.5, 0.6) is 0 Å². The second kappa shape index (κ2) is 4.18. The van der Waals surface area contributed by atoms with E-state index in [4.69, 9.17) is 0 Å². The topological polar surface area (TPSA) is 35.0 Å².